The molecule has 2 unspecified atom stereocenters. The predicted octanol–water partition coefficient (Wildman–Crippen LogP) is 1.57. The van der Waals surface area contributed by atoms with Gasteiger partial charge in [0.05, 0.1) is 18.6 Å². The van der Waals surface area contributed by atoms with Crippen LogP contribution in [0.15, 0.2) is 0 Å². The number of hydrogen-bond donors (Lipinski definition) is 0. The van der Waals surface area contributed by atoms with Crippen LogP contribution in [0.4, 0.5) is 0 Å². The highest BCUT2D eigenvalue weighted by Crippen LogP contribution is 2.30. The zero-order chi connectivity index (χ0) is 7.40. The third kappa shape index (κ3) is 1.48. The summed E-state index contributed by atoms with van der Waals surface area (Å²) in [6, 6.07) is 2.32. The van der Waals surface area contributed by atoms with E-state index in [0.717, 1.165) is 13.0 Å². The second kappa shape index (κ2) is 3.58. The molecule has 1 fully saturated rings. The van der Waals surface area contributed by atoms with Crippen LogP contribution in [0, 0.1) is 23.2 Å². The first-order valence-corrected chi connectivity index (χ1v) is 3.77. The van der Waals surface area contributed by atoms with Gasteiger partial charge in [0.25, 0.3) is 0 Å². The summed E-state index contributed by atoms with van der Waals surface area (Å²) >= 11 is 0. The molecule has 0 saturated heterocycles. The Morgan fingerprint density at radius 3 is 3.00 bits per heavy atom. The number of nitrogens with zero attached hydrogens (tertiary/aromatic N) is 1. The van der Waals surface area contributed by atoms with Crippen LogP contribution in [0.3, 0.4) is 0 Å². The Morgan fingerprint density at radius 2 is 2.40 bits per heavy atom. The van der Waals surface area contributed by atoms with Crippen LogP contribution in [0.25, 0.3) is 0 Å². The minimum Gasteiger partial charge on any atom is -0.384 e. The van der Waals surface area contributed by atoms with Crippen LogP contribution in [-0.2, 0) is 4.74 Å². The normalized spacial score (nSPS) is 32.0. The average molecular weight is 139 g/mol. The second-order valence-corrected chi connectivity index (χ2v) is 2.88. The van der Waals surface area contributed by atoms with E-state index in [1.807, 2.05) is 0 Å². The van der Waals surface area contributed by atoms with Crippen molar-refractivity contribution in [1.82, 2.24) is 0 Å². The molecule has 2 heteroatoms. The zero-order valence-corrected chi connectivity index (χ0v) is 6.34. The minimum absolute atomic E-state index is 0.264. The Labute approximate surface area is 61.8 Å². The monoisotopic (exact) mass is 139 g/mol. The maximum absolute atomic E-state index is 8.66. The fraction of sp³-hybridized carbons (Fsp3) is 0.875. The van der Waals surface area contributed by atoms with Gasteiger partial charge in [0.2, 0.25) is 0 Å². The number of methoxy groups -OCH3 is 1. The molecule has 56 valence electrons. The van der Waals surface area contributed by atoms with Crippen molar-refractivity contribution in [3.63, 3.8) is 0 Å². The number of ether oxygens (including phenoxy) is 1. The van der Waals surface area contributed by atoms with Gasteiger partial charge in [-0.1, -0.05) is 6.42 Å². The Morgan fingerprint density at radius 1 is 1.60 bits per heavy atom. The SMILES string of the molecule is COCC1CCCC1C#N. The first kappa shape index (κ1) is 7.56. The van der Waals surface area contributed by atoms with Gasteiger partial charge in [-0.05, 0) is 18.8 Å². The van der Waals surface area contributed by atoms with E-state index >= 15 is 0 Å². The standard InChI is InChI=1S/C8H13NO/c1-10-6-8-4-2-3-7(8)5-9/h7-8H,2-4,6H2,1H3. The average Bonchev–Trinajstić information content (AvgIpc) is 2.36. The van der Waals surface area contributed by atoms with Crippen molar-refractivity contribution < 1.29 is 4.74 Å². The molecule has 0 aliphatic heterocycles. The van der Waals surface area contributed by atoms with Crippen molar-refractivity contribution in [2.45, 2.75) is 19.3 Å². The van der Waals surface area contributed by atoms with Gasteiger partial charge >= 0.3 is 0 Å². The van der Waals surface area contributed by atoms with Crippen LogP contribution >= 0.6 is 0 Å². The summed E-state index contributed by atoms with van der Waals surface area (Å²) in [6.07, 6.45) is 3.45. The molecule has 2 atom stereocenters. The van der Waals surface area contributed by atoms with Crippen LogP contribution in [0.2, 0.25) is 0 Å². The molecule has 1 aliphatic rings. The molecule has 0 aromatic rings. The zero-order valence-electron chi connectivity index (χ0n) is 6.34. The lowest BCUT2D eigenvalue weighted by atomic mass is 9.99. The van der Waals surface area contributed by atoms with Crippen molar-refractivity contribution in [3.8, 4) is 6.07 Å². The van der Waals surface area contributed by atoms with Crippen LogP contribution in [0.1, 0.15) is 19.3 Å². The summed E-state index contributed by atoms with van der Waals surface area (Å²) in [6.45, 7) is 0.762. The topological polar surface area (TPSA) is 33.0 Å². The third-order valence-electron chi connectivity index (χ3n) is 2.21. The number of nitriles is 1. The maximum atomic E-state index is 8.66. The van der Waals surface area contributed by atoms with Gasteiger partial charge in [0, 0.05) is 7.11 Å². The van der Waals surface area contributed by atoms with E-state index in [1.54, 1.807) is 7.11 Å². The van der Waals surface area contributed by atoms with E-state index in [-0.39, 0.29) is 5.92 Å². The largest absolute Gasteiger partial charge is 0.384 e. The van der Waals surface area contributed by atoms with Crippen molar-refractivity contribution in [3.05, 3.63) is 0 Å². The lowest BCUT2D eigenvalue weighted by molar-refractivity contribution is 0.144. The van der Waals surface area contributed by atoms with Gasteiger partial charge in [-0.3, -0.25) is 0 Å². The molecule has 0 aromatic heterocycles. The fourth-order valence-corrected chi connectivity index (χ4v) is 1.62. The molecule has 0 N–H and O–H groups in total. The second-order valence-electron chi connectivity index (χ2n) is 2.88. The molecule has 0 heterocycles. The van der Waals surface area contributed by atoms with Crippen molar-refractivity contribution >= 4 is 0 Å². The van der Waals surface area contributed by atoms with Crippen LogP contribution < -0.4 is 0 Å². The van der Waals surface area contributed by atoms with E-state index in [0.29, 0.717) is 5.92 Å². The summed E-state index contributed by atoms with van der Waals surface area (Å²) < 4.78 is 5.01. The van der Waals surface area contributed by atoms with E-state index in [9.17, 15) is 0 Å². The molecule has 1 saturated carbocycles. The van der Waals surface area contributed by atoms with Gasteiger partial charge in [-0.25, -0.2) is 0 Å². The molecular formula is C8H13NO. The smallest absolute Gasteiger partial charge is 0.0659 e. The minimum atomic E-state index is 0.264. The highest BCUT2D eigenvalue weighted by molar-refractivity contribution is 4.92. The Hall–Kier alpha value is -0.550. The van der Waals surface area contributed by atoms with Crippen LogP contribution in [0.5, 0.6) is 0 Å². The summed E-state index contributed by atoms with van der Waals surface area (Å²) in [5.74, 6) is 0.773. The van der Waals surface area contributed by atoms with Gasteiger partial charge < -0.3 is 4.74 Å². The van der Waals surface area contributed by atoms with Crippen molar-refractivity contribution in [2.75, 3.05) is 13.7 Å². The molecule has 0 amide bonds. The quantitative estimate of drug-likeness (QED) is 0.581. The number of rotatable bonds is 2. The fourth-order valence-electron chi connectivity index (χ4n) is 1.62. The van der Waals surface area contributed by atoms with Crippen molar-refractivity contribution in [1.29, 1.82) is 5.26 Å². The molecule has 2 nitrogen and oxygen atoms in total. The van der Waals surface area contributed by atoms with Gasteiger partial charge in [-0.2, -0.15) is 5.26 Å². The lowest BCUT2D eigenvalue weighted by Crippen LogP contribution is -2.11. The Balaban J connectivity index is 2.36. The molecule has 0 spiro atoms. The Kier molecular flexibility index (Phi) is 2.70. The maximum Gasteiger partial charge on any atom is 0.0659 e. The van der Waals surface area contributed by atoms with Gasteiger partial charge in [0.15, 0.2) is 0 Å². The van der Waals surface area contributed by atoms with E-state index in [4.69, 9.17) is 10.00 Å². The molecule has 0 aromatic carbocycles. The third-order valence-corrected chi connectivity index (χ3v) is 2.21. The van der Waals surface area contributed by atoms with Crippen LogP contribution in [-0.4, -0.2) is 13.7 Å². The number of hydrogen-bond acceptors (Lipinski definition) is 2. The first-order valence-electron chi connectivity index (χ1n) is 3.77. The van der Waals surface area contributed by atoms with Gasteiger partial charge in [0.1, 0.15) is 0 Å². The summed E-state index contributed by atoms with van der Waals surface area (Å²) in [5.41, 5.74) is 0. The Bertz CT molecular complexity index is 139. The molecule has 1 rings (SSSR count). The highest BCUT2D eigenvalue weighted by Gasteiger charge is 2.26. The van der Waals surface area contributed by atoms with E-state index in [2.05, 4.69) is 6.07 Å². The van der Waals surface area contributed by atoms with E-state index in [1.165, 1.54) is 12.8 Å². The highest BCUT2D eigenvalue weighted by atomic mass is 16.5. The lowest BCUT2D eigenvalue weighted by Gasteiger charge is -2.10. The predicted molar refractivity (Wildman–Crippen MR) is 38.3 cm³/mol. The van der Waals surface area contributed by atoms with Crippen molar-refractivity contribution in [2.24, 2.45) is 11.8 Å². The van der Waals surface area contributed by atoms with E-state index < -0.39 is 0 Å². The molecule has 1 aliphatic carbocycles. The molecule has 10 heavy (non-hydrogen) atoms. The summed E-state index contributed by atoms with van der Waals surface area (Å²) in [7, 11) is 1.70. The molecule has 0 radical (unpaired) electrons. The summed E-state index contributed by atoms with van der Waals surface area (Å²) in [4.78, 5) is 0. The molecular weight excluding hydrogens is 126 g/mol. The van der Waals surface area contributed by atoms with Gasteiger partial charge in [-0.15, -0.1) is 0 Å². The summed E-state index contributed by atoms with van der Waals surface area (Å²) in [5, 5.41) is 8.66. The first-order chi connectivity index (χ1) is 4.88. The molecule has 0 bridgehead atoms.